The Labute approximate surface area is 158 Å². The second-order valence-corrected chi connectivity index (χ2v) is 6.16. The lowest BCUT2D eigenvalue weighted by Crippen LogP contribution is -2.38. The van der Waals surface area contributed by atoms with Gasteiger partial charge < -0.3 is 19.7 Å². The topological polar surface area (TPSA) is 93.1 Å². The zero-order chi connectivity index (χ0) is 19.6. The van der Waals surface area contributed by atoms with Gasteiger partial charge in [0, 0.05) is 6.42 Å². The standard InChI is InChI=1S/C21H24O6/c1-2-9-17(22)14-18(23)21(26-19(24)15-10-5-3-6-11-15)27-20(25)16-12-7-4-8-13-16/h3-8,10-13,17-18,21-23H,2,9,14H2,1H3. The fourth-order valence-electron chi connectivity index (χ4n) is 2.52. The number of carbonyl (C=O) groups excluding carboxylic acids is 2. The summed E-state index contributed by atoms with van der Waals surface area (Å²) in [7, 11) is 0. The van der Waals surface area contributed by atoms with Gasteiger partial charge in [-0.05, 0) is 30.7 Å². The van der Waals surface area contributed by atoms with E-state index in [1.165, 1.54) is 0 Å². The first kappa shape index (κ1) is 20.6. The van der Waals surface area contributed by atoms with Gasteiger partial charge in [0.2, 0.25) is 0 Å². The van der Waals surface area contributed by atoms with E-state index in [0.29, 0.717) is 6.42 Å². The number of ether oxygens (including phenoxy) is 2. The summed E-state index contributed by atoms with van der Waals surface area (Å²) < 4.78 is 10.5. The summed E-state index contributed by atoms with van der Waals surface area (Å²) in [4.78, 5) is 24.6. The van der Waals surface area contributed by atoms with Gasteiger partial charge in [-0.25, -0.2) is 9.59 Å². The molecule has 0 aliphatic carbocycles. The van der Waals surface area contributed by atoms with Crippen molar-refractivity contribution in [3.8, 4) is 0 Å². The fraction of sp³-hybridized carbons (Fsp3) is 0.333. The summed E-state index contributed by atoms with van der Waals surface area (Å²) >= 11 is 0. The van der Waals surface area contributed by atoms with Crippen molar-refractivity contribution in [2.75, 3.05) is 0 Å². The molecular formula is C21H24O6. The Kier molecular flexibility index (Phi) is 7.98. The summed E-state index contributed by atoms with van der Waals surface area (Å²) in [5, 5.41) is 20.3. The Morgan fingerprint density at radius 3 is 1.70 bits per heavy atom. The molecule has 0 amide bonds. The van der Waals surface area contributed by atoms with Gasteiger partial charge >= 0.3 is 11.9 Å². The molecule has 2 atom stereocenters. The van der Waals surface area contributed by atoms with Crippen molar-refractivity contribution in [3.05, 3.63) is 71.8 Å². The van der Waals surface area contributed by atoms with Crippen molar-refractivity contribution in [3.63, 3.8) is 0 Å². The number of benzene rings is 2. The maximum atomic E-state index is 12.3. The van der Waals surface area contributed by atoms with Crippen LogP contribution in [0.25, 0.3) is 0 Å². The van der Waals surface area contributed by atoms with Gasteiger partial charge in [0.15, 0.2) is 0 Å². The molecule has 0 aromatic heterocycles. The SMILES string of the molecule is CCCC(O)CC(O)C(OC(=O)c1ccccc1)OC(=O)c1ccccc1. The van der Waals surface area contributed by atoms with Crippen molar-refractivity contribution < 1.29 is 29.3 Å². The predicted octanol–water partition coefficient (Wildman–Crippen LogP) is 2.94. The molecule has 0 heterocycles. The molecule has 0 bridgehead atoms. The molecule has 0 fully saturated rings. The third-order valence-corrected chi connectivity index (χ3v) is 3.91. The highest BCUT2D eigenvalue weighted by atomic mass is 16.7. The largest absolute Gasteiger partial charge is 0.419 e. The van der Waals surface area contributed by atoms with Crippen molar-refractivity contribution in [1.82, 2.24) is 0 Å². The van der Waals surface area contributed by atoms with Gasteiger partial charge in [0.25, 0.3) is 6.29 Å². The third-order valence-electron chi connectivity index (χ3n) is 3.91. The van der Waals surface area contributed by atoms with Crippen LogP contribution >= 0.6 is 0 Å². The first-order chi connectivity index (χ1) is 13.0. The molecule has 0 spiro atoms. The average Bonchev–Trinajstić information content (AvgIpc) is 2.68. The van der Waals surface area contributed by atoms with E-state index < -0.39 is 30.4 Å². The van der Waals surface area contributed by atoms with E-state index in [2.05, 4.69) is 0 Å². The van der Waals surface area contributed by atoms with Crippen LogP contribution < -0.4 is 0 Å². The number of aliphatic hydroxyl groups excluding tert-OH is 2. The van der Waals surface area contributed by atoms with E-state index in [1.54, 1.807) is 60.7 Å². The summed E-state index contributed by atoms with van der Waals surface area (Å²) in [5.74, 6) is -1.46. The lowest BCUT2D eigenvalue weighted by Gasteiger charge is -2.24. The Hall–Kier alpha value is -2.70. The molecule has 2 N–H and O–H groups in total. The normalized spacial score (nSPS) is 13.0. The van der Waals surface area contributed by atoms with Crippen LogP contribution in [0, 0.1) is 0 Å². The van der Waals surface area contributed by atoms with Crippen LogP contribution in [0.5, 0.6) is 0 Å². The Morgan fingerprint density at radius 2 is 1.30 bits per heavy atom. The molecule has 2 rings (SSSR count). The quantitative estimate of drug-likeness (QED) is 0.519. The molecule has 2 aromatic rings. The molecule has 0 aliphatic heterocycles. The van der Waals surface area contributed by atoms with Gasteiger partial charge in [-0.1, -0.05) is 49.7 Å². The summed E-state index contributed by atoms with van der Waals surface area (Å²) in [6, 6.07) is 16.4. The van der Waals surface area contributed by atoms with Crippen molar-refractivity contribution >= 4 is 11.9 Å². The van der Waals surface area contributed by atoms with E-state index in [1.807, 2.05) is 6.92 Å². The fourth-order valence-corrected chi connectivity index (χ4v) is 2.52. The molecular weight excluding hydrogens is 348 g/mol. The summed E-state index contributed by atoms with van der Waals surface area (Å²) in [6.07, 6.45) is -2.56. The second kappa shape index (κ2) is 10.4. The van der Waals surface area contributed by atoms with E-state index in [0.717, 1.165) is 6.42 Å². The number of esters is 2. The Balaban J connectivity index is 2.12. The Morgan fingerprint density at radius 1 is 0.852 bits per heavy atom. The van der Waals surface area contributed by atoms with Crippen LogP contribution in [-0.4, -0.2) is 40.6 Å². The van der Waals surface area contributed by atoms with E-state index in [-0.39, 0.29) is 17.5 Å². The molecule has 0 aliphatic rings. The highest BCUT2D eigenvalue weighted by Crippen LogP contribution is 2.16. The maximum absolute atomic E-state index is 12.3. The molecule has 6 heteroatoms. The van der Waals surface area contributed by atoms with Gasteiger partial charge in [-0.15, -0.1) is 0 Å². The monoisotopic (exact) mass is 372 g/mol. The number of carbonyl (C=O) groups is 2. The summed E-state index contributed by atoms with van der Waals surface area (Å²) in [6.45, 7) is 1.90. The second-order valence-electron chi connectivity index (χ2n) is 6.16. The molecule has 2 aromatic carbocycles. The van der Waals surface area contributed by atoms with Crippen LogP contribution in [0.2, 0.25) is 0 Å². The maximum Gasteiger partial charge on any atom is 0.341 e. The number of hydrogen-bond donors (Lipinski definition) is 2. The van der Waals surface area contributed by atoms with Crippen LogP contribution in [0.1, 0.15) is 46.9 Å². The van der Waals surface area contributed by atoms with Crippen LogP contribution in [0.15, 0.2) is 60.7 Å². The highest BCUT2D eigenvalue weighted by molar-refractivity contribution is 5.91. The van der Waals surface area contributed by atoms with Crippen LogP contribution in [0.3, 0.4) is 0 Å². The highest BCUT2D eigenvalue weighted by Gasteiger charge is 2.30. The van der Waals surface area contributed by atoms with Gasteiger partial charge in [0.1, 0.15) is 6.10 Å². The lowest BCUT2D eigenvalue weighted by molar-refractivity contribution is -0.144. The molecule has 6 nitrogen and oxygen atoms in total. The number of hydrogen-bond acceptors (Lipinski definition) is 6. The predicted molar refractivity (Wildman–Crippen MR) is 99.0 cm³/mol. The molecule has 27 heavy (non-hydrogen) atoms. The molecule has 0 radical (unpaired) electrons. The van der Waals surface area contributed by atoms with Crippen molar-refractivity contribution in [1.29, 1.82) is 0 Å². The van der Waals surface area contributed by atoms with Gasteiger partial charge in [-0.2, -0.15) is 0 Å². The Bertz CT molecular complexity index is 662. The molecule has 144 valence electrons. The smallest absolute Gasteiger partial charge is 0.341 e. The first-order valence-electron chi connectivity index (χ1n) is 8.89. The lowest BCUT2D eigenvalue weighted by atomic mass is 10.1. The van der Waals surface area contributed by atoms with E-state index >= 15 is 0 Å². The average molecular weight is 372 g/mol. The first-order valence-corrected chi connectivity index (χ1v) is 8.89. The minimum Gasteiger partial charge on any atom is -0.419 e. The molecule has 0 saturated heterocycles. The van der Waals surface area contributed by atoms with Crippen LogP contribution in [0.4, 0.5) is 0 Å². The zero-order valence-corrected chi connectivity index (χ0v) is 15.2. The minimum absolute atomic E-state index is 0.0807. The van der Waals surface area contributed by atoms with Crippen molar-refractivity contribution in [2.24, 2.45) is 0 Å². The van der Waals surface area contributed by atoms with Gasteiger partial charge in [0.05, 0.1) is 17.2 Å². The third kappa shape index (κ3) is 6.51. The number of aliphatic hydroxyl groups is 2. The zero-order valence-electron chi connectivity index (χ0n) is 15.2. The van der Waals surface area contributed by atoms with Gasteiger partial charge in [-0.3, -0.25) is 0 Å². The number of rotatable bonds is 9. The molecule has 0 saturated carbocycles. The minimum atomic E-state index is -1.53. The van der Waals surface area contributed by atoms with Crippen molar-refractivity contribution in [2.45, 2.75) is 44.7 Å². The van der Waals surface area contributed by atoms with E-state index in [4.69, 9.17) is 9.47 Å². The summed E-state index contributed by atoms with van der Waals surface area (Å²) in [5.41, 5.74) is 0.527. The van der Waals surface area contributed by atoms with Crippen LogP contribution in [-0.2, 0) is 9.47 Å². The molecule has 2 unspecified atom stereocenters. The van der Waals surface area contributed by atoms with E-state index in [9.17, 15) is 19.8 Å².